The van der Waals surface area contributed by atoms with E-state index < -0.39 is 0 Å². The van der Waals surface area contributed by atoms with Crippen LogP contribution in [0.1, 0.15) is 30.8 Å². The number of rotatable bonds is 9. The molecule has 0 fully saturated rings. The molecule has 3 aromatic rings. The molecule has 29 heavy (non-hydrogen) atoms. The number of benzene rings is 2. The molecule has 0 saturated carbocycles. The van der Waals surface area contributed by atoms with Gasteiger partial charge in [0.15, 0.2) is 11.0 Å². The molecule has 152 valence electrons. The van der Waals surface area contributed by atoms with Crippen molar-refractivity contribution < 1.29 is 4.79 Å². The van der Waals surface area contributed by atoms with Crippen LogP contribution in [0.3, 0.4) is 0 Å². The lowest BCUT2D eigenvalue weighted by Gasteiger charge is -2.23. The molecule has 1 aromatic heterocycles. The van der Waals surface area contributed by atoms with E-state index in [2.05, 4.69) is 58.1 Å². The van der Waals surface area contributed by atoms with Crippen LogP contribution in [0.4, 0.5) is 5.69 Å². The van der Waals surface area contributed by atoms with Gasteiger partial charge in [0.2, 0.25) is 5.91 Å². The zero-order valence-electron chi connectivity index (χ0n) is 17.1. The molecule has 0 aliphatic heterocycles. The van der Waals surface area contributed by atoms with Gasteiger partial charge < -0.3 is 9.88 Å². The first-order valence-corrected chi connectivity index (χ1v) is 10.7. The second-order valence-corrected chi connectivity index (χ2v) is 7.95. The van der Waals surface area contributed by atoms with Crippen LogP contribution >= 0.6 is 11.8 Å². The third-order valence-electron chi connectivity index (χ3n) is 4.63. The van der Waals surface area contributed by atoms with E-state index in [1.54, 1.807) is 0 Å². The molecule has 6 nitrogen and oxygen atoms in total. The van der Waals surface area contributed by atoms with E-state index in [4.69, 9.17) is 0 Å². The number of carbonyl (C=O) groups is 1. The Bertz CT molecular complexity index is 911. The maximum Gasteiger partial charge on any atom is 0.234 e. The fraction of sp³-hybridized carbons (Fsp3) is 0.318. The summed E-state index contributed by atoms with van der Waals surface area (Å²) in [7, 11) is 4.10. The first-order chi connectivity index (χ1) is 14.1. The number of hydrogen-bond acceptors (Lipinski definition) is 5. The number of thioether (sulfide) groups is 1. The van der Waals surface area contributed by atoms with Crippen LogP contribution in [0.15, 0.2) is 65.8 Å². The molecule has 0 spiro atoms. The Hall–Kier alpha value is -2.64. The average Bonchev–Trinajstić information content (AvgIpc) is 3.10. The lowest BCUT2D eigenvalue weighted by Crippen LogP contribution is -2.23. The van der Waals surface area contributed by atoms with Gasteiger partial charge in [0.1, 0.15) is 0 Å². The quantitative estimate of drug-likeness (QED) is 0.540. The highest BCUT2D eigenvalue weighted by Crippen LogP contribution is 2.26. The van der Waals surface area contributed by atoms with E-state index in [-0.39, 0.29) is 17.7 Å². The number of amides is 1. The maximum atomic E-state index is 12.4. The van der Waals surface area contributed by atoms with Crippen molar-refractivity contribution >= 4 is 23.4 Å². The number of aromatic nitrogens is 3. The second kappa shape index (κ2) is 10.2. The van der Waals surface area contributed by atoms with Gasteiger partial charge in [0.05, 0.1) is 18.3 Å². The average molecular weight is 410 g/mol. The van der Waals surface area contributed by atoms with Crippen LogP contribution < -0.4 is 5.32 Å². The summed E-state index contributed by atoms with van der Waals surface area (Å²) in [6.07, 6.45) is 0.930. The molecule has 2 aromatic carbocycles. The zero-order valence-corrected chi connectivity index (χ0v) is 17.9. The minimum atomic E-state index is -0.0586. The molecule has 0 saturated heterocycles. The molecule has 1 heterocycles. The van der Waals surface area contributed by atoms with Gasteiger partial charge in [-0.05, 0) is 38.2 Å². The van der Waals surface area contributed by atoms with E-state index in [1.807, 2.05) is 48.5 Å². The van der Waals surface area contributed by atoms with Crippen molar-refractivity contribution in [3.8, 4) is 0 Å². The highest BCUT2D eigenvalue weighted by Gasteiger charge is 2.22. The summed E-state index contributed by atoms with van der Waals surface area (Å²) in [6, 6.07) is 19.9. The second-order valence-electron chi connectivity index (χ2n) is 7.00. The van der Waals surface area contributed by atoms with Gasteiger partial charge in [0, 0.05) is 5.69 Å². The van der Waals surface area contributed by atoms with Crippen LogP contribution in [0.2, 0.25) is 0 Å². The topological polar surface area (TPSA) is 63.1 Å². The van der Waals surface area contributed by atoms with E-state index >= 15 is 0 Å². The summed E-state index contributed by atoms with van der Waals surface area (Å²) < 4.78 is 2.13. The lowest BCUT2D eigenvalue weighted by molar-refractivity contribution is -0.113. The number of anilines is 1. The van der Waals surface area contributed by atoms with Crippen molar-refractivity contribution in [3.63, 3.8) is 0 Å². The van der Waals surface area contributed by atoms with Crippen molar-refractivity contribution in [2.45, 2.75) is 31.1 Å². The Morgan fingerprint density at radius 2 is 1.72 bits per heavy atom. The number of para-hydroxylation sites is 1. The summed E-state index contributed by atoms with van der Waals surface area (Å²) in [4.78, 5) is 14.5. The van der Waals surface area contributed by atoms with Crippen LogP contribution in [-0.4, -0.2) is 45.4 Å². The molecular weight excluding hydrogens is 382 g/mol. The lowest BCUT2D eigenvalue weighted by atomic mass is 10.2. The molecule has 1 atom stereocenters. The van der Waals surface area contributed by atoms with Gasteiger partial charge in [-0.2, -0.15) is 0 Å². The van der Waals surface area contributed by atoms with Crippen LogP contribution in [0.25, 0.3) is 0 Å². The van der Waals surface area contributed by atoms with Crippen molar-refractivity contribution in [1.82, 2.24) is 19.7 Å². The van der Waals surface area contributed by atoms with Crippen molar-refractivity contribution in [2.24, 2.45) is 0 Å². The first kappa shape index (κ1) is 21.1. The molecule has 0 bridgehead atoms. The van der Waals surface area contributed by atoms with E-state index in [0.717, 1.165) is 23.1 Å². The van der Waals surface area contributed by atoms with Gasteiger partial charge in [-0.25, -0.2) is 0 Å². The summed E-state index contributed by atoms with van der Waals surface area (Å²) in [5.41, 5.74) is 1.97. The van der Waals surface area contributed by atoms with Gasteiger partial charge in [-0.3, -0.25) is 9.69 Å². The largest absolute Gasteiger partial charge is 0.325 e. The van der Waals surface area contributed by atoms with Crippen LogP contribution in [0, 0.1) is 0 Å². The molecule has 1 amide bonds. The Morgan fingerprint density at radius 1 is 1.07 bits per heavy atom. The predicted molar refractivity (Wildman–Crippen MR) is 118 cm³/mol. The van der Waals surface area contributed by atoms with Crippen molar-refractivity contribution in [2.75, 3.05) is 25.2 Å². The van der Waals surface area contributed by atoms with Gasteiger partial charge in [-0.1, -0.05) is 67.2 Å². The fourth-order valence-corrected chi connectivity index (χ4v) is 3.94. The molecular formula is C22H27N5OS. The van der Waals surface area contributed by atoms with E-state index in [1.165, 1.54) is 17.3 Å². The van der Waals surface area contributed by atoms with E-state index in [0.29, 0.717) is 6.54 Å². The minimum Gasteiger partial charge on any atom is -0.325 e. The molecule has 1 unspecified atom stereocenters. The third kappa shape index (κ3) is 5.68. The van der Waals surface area contributed by atoms with E-state index in [9.17, 15) is 4.79 Å². The summed E-state index contributed by atoms with van der Waals surface area (Å²) in [6.45, 7) is 2.82. The smallest absolute Gasteiger partial charge is 0.234 e. The number of hydrogen-bond donors (Lipinski definition) is 1. The SMILES string of the molecule is CCC(c1nnc(SCC(=O)Nc2ccccc2)n1Cc1ccccc1)N(C)C. The van der Waals surface area contributed by atoms with Crippen molar-refractivity contribution in [1.29, 1.82) is 0 Å². The zero-order chi connectivity index (χ0) is 20.6. The molecule has 0 radical (unpaired) electrons. The molecule has 3 rings (SSSR count). The number of nitrogens with one attached hydrogen (secondary N) is 1. The number of nitrogens with zero attached hydrogens (tertiary/aromatic N) is 4. The number of carbonyl (C=O) groups excluding carboxylic acids is 1. The Labute approximate surface area is 176 Å². The van der Waals surface area contributed by atoms with Crippen LogP contribution in [0.5, 0.6) is 0 Å². The first-order valence-electron chi connectivity index (χ1n) is 9.69. The highest BCUT2D eigenvalue weighted by molar-refractivity contribution is 7.99. The molecule has 0 aliphatic carbocycles. The summed E-state index contributed by atoms with van der Waals surface area (Å²) in [5, 5.41) is 12.6. The molecule has 1 N–H and O–H groups in total. The normalized spacial score (nSPS) is 12.1. The van der Waals surface area contributed by atoms with Gasteiger partial charge in [0.25, 0.3) is 0 Å². The standard InChI is InChI=1S/C22H27N5OS/c1-4-19(26(2)3)21-24-25-22(27(21)15-17-11-7-5-8-12-17)29-16-20(28)23-18-13-9-6-10-14-18/h5-14,19H,4,15-16H2,1-3H3,(H,23,28). The fourth-order valence-electron chi connectivity index (χ4n) is 3.20. The molecule has 0 aliphatic rings. The van der Waals surface area contributed by atoms with Gasteiger partial charge in [-0.15, -0.1) is 10.2 Å². The monoisotopic (exact) mass is 409 g/mol. The minimum absolute atomic E-state index is 0.0586. The molecule has 7 heteroatoms. The van der Waals surface area contributed by atoms with Crippen LogP contribution in [-0.2, 0) is 11.3 Å². The predicted octanol–water partition coefficient (Wildman–Crippen LogP) is 4.07. The Morgan fingerprint density at radius 3 is 2.34 bits per heavy atom. The van der Waals surface area contributed by atoms with Gasteiger partial charge >= 0.3 is 0 Å². The Kier molecular flexibility index (Phi) is 7.43. The summed E-state index contributed by atoms with van der Waals surface area (Å²) in [5.74, 6) is 1.14. The van der Waals surface area contributed by atoms with Crippen molar-refractivity contribution in [3.05, 3.63) is 72.1 Å². The Balaban J connectivity index is 1.78. The third-order valence-corrected chi connectivity index (χ3v) is 5.59. The summed E-state index contributed by atoms with van der Waals surface area (Å²) >= 11 is 1.41. The highest BCUT2D eigenvalue weighted by atomic mass is 32.2. The maximum absolute atomic E-state index is 12.4.